The zero-order valence-electron chi connectivity index (χ0n) is 10.2. The van der Waals surface area contributed by atoms with E-state index in [1.807, 2.05) is 6.20 Å². The van der Waals surface area contributed by atoms with Gasteiger partial charge in [0.2, 0.25) is 0 Å². The lowest BCUT2D eigenvalue weighted by Crippen LogP contribution is -2.26. The predicted octanol–water partition coefficient (Wildman–Crippen LogP) is 0.570. The van der Waals surface area contributed by atoms with Crippen LogP contribution in [0.2, 0.25) is 0 Å². The second kappa shape index (κ2) is 8.40. The van der Waals surface area contributed by atoms with Crippen LogP contribution in [0.5, 0.6) is 0 Å². The quantitative estimate of drug-likeness (QED) is 0.345. The molecular weight excluding hydrogens is 254 g/mol. The Morgan fingerprint density at radius 1 is 1.67 bits per heavy atom. The molecule has 0 amide bonds. The summed E-state index contributed by atoms with van der Waals surface area (Å²) in [6.07, 6.45) is 5.41. The summed E-state index contributed by atoms with van der Waals surface area (Å²) < 4.78 is 0. The van der Waals surface area contributed by atoms with Crippen molar-refractivity contribution in [2.45, 2.75) is 6.42 Å². The number of imidazole rings is 1. The van der Waals surface area contributed by atoms with E-state index in [-0.39, 0.29) is 0 Å². The first-order valence-electron chi connectivity index (χ1n) is 5.54. The molecule has 0 aliphatic carbocycles. The van der Waals surface area contributed by atoms with Gasteiger partial charge in [-0.2, -0.15) is 11.8 Å². The molecule has 0 spiro atoms. The molecule has 0 saturated carbocycles. The Morgan fingerprint density at radius 2 is 2.50 bits per heavy atom. The molecule has 0 aliphatic rings. The highest BCUT2D eigenvalue weighted by atomic mass is 32.2. The van der Waals surface area contributed by atoms with E-state index in [4.69, 9.17) is 0 Å². The Balaban J connectivity index is 2.06. The molecule has 18 heavy (non-hydrogen) atoms. The van der Waals surface area contributed by atoms with Gasteiger partial charge in [0, 0.05) is 32.0 Å². The smallest absolute Gasteiger partial charge is 0.274 e. The highest BCUT2D eigenvalue weighted by molar-refractivity contribution is 7.99. The van der Waals surface area contributed by atoms with Crippen molar-refractivity contribution >= 4 is 11.8 Å². The number of aromatic nitrogens is 2. The number of rotatable bonds is 9. The maximum atomic E-state index is 10.3. The molecule has 0 fully saturated rings. The number of thioether (sulfide) groups is 1. The van der Waals surface area contributed by atoms with E-state index in [1.54, 1.807) is 25.1 Å². The summed E-state index contributed by atoms with van der Waals surface area (Å²) in [6, 6.07) is 0. The predicted molar refractivity (Wildman–Crippen MR) is 71.8 cm³/mol. The molecule has 100 valence electrons. The van der Waals surface area contributed by atoms with E-state index in [9.17, 15) is 10.1 Å². The van der Waals surface area contributed by atoms with E-state index in [0.29, 0.717) is 12.4 Å². The molecule has 0 bridgehead atoms. The van der Waals surface area contributed by atoms with Gasteiger partial charge in [-0.15, -0.1) is 0 Å². The van der Waals surface area contributed by atoms with Crippen LogP contribution in [0.25, 0.3) is 0 Å². The molecule has 8 heteroatoms. The van der Waals surface area contributed by atoms with Crippen molar-refractivity contribution in [2.75, 3.05) is 25.1 Å². The summed E-state index contributed by atoms with van der Waals surface area (Å²) in [4.78, 5) is 16.8. The fourth-order valence-electron chi connectivity index (χ4n) is 1.27. The van der Waals surface area contributed by atoms with Gasteiger partial charge in [0.1, 0.15) is 0 Å². The molecule has 1 heterocycles. The number of aryl methyl sites for hydroxylation is 1. The standard InChI is InChI=1S/C10H17N5O2S/c1-11-10(7-15(16)17)13-3-5-18-4-2-9-6-12-8-14-9/h6-8,11,13H,2-5H2,1H3,(H,12,14). The van der Waals surface area contributed by atoms with Crippen molar-refractivity contribution in [3.05, 3.63) is 40.4 Å². The first-order valence-corrected chi connectivity index (χ1v) is 6.70. The van der Waals surface area contributed by atoms with Crippen LogP contribution in [0.1, 0.15) is 5.69 Å². The van der Waals surface area contributed by atoms with Gasteiger partial charge in [-0.05, 0) is 5.75 Å². The molecule has 0 radical (unpaired) electrons. The molecule has 0 aliphatic heterocycles. The number of nitrogens with one attached hydrogen (secondary N) is 3. The van der Waals surface area contributed by atoms with Crippen LogP contribution in [-0.4, -0.2) is 40.0 Å². The second-order valence-corrected chi connectivity index (χ2v) is 4.65. The Kier molecular flexibility index (Phi) is 6.70. The third-order valence-corrected chi connectivity index (χ3v) is 3.11. The maximum absolute atomic E-state index is 10.3. The average molecular weight is 271 g/mol. The van der Waals surface area contributed by atoms with Crippen molar-refractivity contribution in [3.63, 3.8) is 0 Å². The summed E-state index contributed by atoms with van der Waals surface area (Å²) in [7, 11) is 1.65. The third kappa shape index (κ3) is 6.14. The van der Waals surface area contributed by atoms with Crippen LogP contribution >= 0.6 is 11.8 Å². The Morgan fingerprint density at radius 3 is 3.11 bits per heavy atom. The van der Waals surface area contributed by atoms with Crippen molar-refractivity contribution in [1.82, 2.24) is 20.6 Å². The van der Waals surface area contributed by atoms with E-state index < -0.39 is 4.92 Å². The molecule has 0 aromatic carbocycles. The molecule has 3 N–H and O–H groups in total. The minimum atomic E-state index is -0.483. The lowest BCUT2D eigenvalue weighted by Gasteiger charge is -2.07. The fourth-order valence-corrected chi connectivity index (χ4v) is 2.07. The SMILES string of the molecule is CNC(=C[N+](=O)[O-])NCCSCCc1c[nH]cn1. The highest BCUT2D eigenvalue weighted by Gasteiger charge is 1.99. The molecular formula is C10H17N5O2S. The number of nitro groups is 1. The Bertz CT molecular complexity index is 380. The van der Waals surface area contributed by atoms with Gasteiger partial charge >= 0.3 is 0 Å². The van der Waals surface area contributed by atoms with Crippen molar-refractivity contribution in [1.29, 1.82) is 0 Å². The molecule has 1 aromatic heterocycles. The second-order valence-electron chi connectivity index (χ2n) is 3.43. The lowest BCUT2D eigenvalue weighted by atomic mass is 10.4. The fraction of sp³-hybridized carbons (Fsp3) is 0.500. The van der Waals surface area contributed by atoms with Gasteiger partial charge in [-0.25, -0.2) is 4.98 Å². The molecule has 0 saturated heterocycles. The largest absolute Gasteiger partial charge is 0.370 e. The zero-order chi connectivity index (χ0) is 13.2. The number of hydrogen-bond donors (Lipinski definition) is 3. The first kappa shape index (κ1) is 14.4. The third-order valence-electron chi connectivity index (χ3n) is 2.12. The summed E-state index contributed by atoms with van der Waals surface area (Å²) >= 11 is 1.78. The van der Waals surface area contributed by atoms with Gasteiger partial charge in [0.25, 0.3) is 6.20 Å². The zero-order valence-corrected chi connectivity index (χ0v) is 11.0. The van der Waals surface area contributed by atoms with E-state index >= 15 is 0 Å². The molecule has 1 aromatic rings. The summed E-state index contributed by atoms with van der Waals surface area (Å²) in [6.45, 7) is 0.686. The number of hydrogen-bond acceptors (Lipinski definition) is 6. The monoisotopic (exact) mass is 271 g/mol. The van der Waals surface area contributed by atoms with Crippen LogP contribution in [0, 0.1) is 10.1 Å². The Labute approximate surface area is 110 Å². The molecule has 7 nitrogen and oxygen atoms in total. The molecule has 0 unspecified atom stereocenters. The van der Waals surface area contributed by atoms with Crippen LogP contribution < -0.4 is 10.6 Å². The van der Waals surface area contributed by atoms with E-state index in [2.05, 4.69) is 20.6 Å². The van der Waals surface area contributed by atoms with Crippen molar-refractivity contribution in [3.8, 4) is 0 Å². The highest BCUT2D eigenvalue weighted by Crippen LogP contribution is 2.03. The topological polar surface area (TPSA) is 95.9 Å². The number of aromatic amines is 1. The summed E-state index contributed by atoms with van der Waals surface area (Å²) in [5.41, 5.74) is 1.06. The average Bonchev–Trinajstić information content (AvgIpc) is 2.84. The van der Waals surface area contributed by atoms with Crippen LogP contribution in [0.15, 0.2) is 24.5 Å². The van der Waals surface area contributed by atoms with Gasteiger partial charge in [-0.3, -0.25) is 10.1 Å². The summed E-state index contributed by atoms with van der Waals surface area (Å²) in [5.74, 6) is 2.30. The van der Waals surface area contributed by atoms with Gasteiger partial charge in [0.15, 0.2) is 5.82 Å². The van der Waals surface area contributed by atoms with E-state index in [1.165, 1.54) is 0 Å². The van der Waals surface area contributed by atoms with Crippen LogP contribution in [0.4, 0.5) is 0 Å². The Hall–Kier alpha value is -1.70. The normalized spacial score (nSPS) is 11.3. The minimum Gasteiger partial charge on any atom is -0.370 e. The number of nitrogens with zero attached hydrogens (tertiary/aromatic N) is 2. The summed E-state index contributed by atoms with van der Waals surface area (Å²) in [5, 5.41) is 16.0. The number of H-pyrrole nitrogens is 1. The maximum Gasteiger partial charge on any atom is 0.274 e. The van der Waals surface area contributed by atoms with Gasteiger partial charge < -0.3 is 15.6 Å². The van der Waals surface area contributed by atoms with Gasteiger partial charge in [0.05, 0.1) is 16.9 Å². The van der Waals surface area contributed by atoms with Gasteiger partial charge in [-0.1, -0.05) is 0 Å². The van der Waals surface area contributed by atoms with E-state index in [0.717, 1.165) is 29.8 Å². The molecule has 0 atom stereocenters. The molecule has 1 rings (SSSR count). The minimum absolute atomic E-state index is 0.424. The lowest BCUT2D eigenvalue weighted by molar-refractivity contribution is -0.404. The van der Waals surface area contributed by atoms with Crippen LogP contribution in [-0.2, 0) is 6.42 Å². The van der Waals surface area contributed by atoms with Crippen LogP contribution in [0.3, 0.4) is 0 Å². The first-order chi connectivity index (χ1) is 8.72. The van der Waals surface area contributed by atoms with Crippen molar-refractivity contribution in [2.24, 2.45) is 0 Å². The van der Waals surface area contributed by atoms with Crippen molar-refractivity contribution < 1.29 is 4.92 Å².